The molecule has 0 aromatic heterocycles. The average molecular weight is 337 g/mol. The molecule has 1 heterocycles. The second-order valence-electron chi connectivity index (χ2n) is 3.64. The van der Waals surface area contributed by atoms with E-state index < -0.39 is 10.0 Å². The van der Waals surface area contributed by atoms with E-state index in [1.165, 1.54) is 4.31 Å². The number of anilines is 1. The van der Waals surface area contributed by atoms with E-state index in [-0.39, 0.29) is 12.3 Å². The van der Waals surface area contributed by atoms with Crippen LogP contribution in [0, 0.1) is 0 Å². The predicted molar refractivity (Wildman–Crippen MR) is 75.1 cm³/mol. The maximum Gasteiger partial charge on any atom is 0.236 e. The van der Waals surface area contributed by atoms with E-state index in [1.807, 2.05) is 18.2 Å². The van der Waals surface area contributed by atoms with Crippen LogP contribution in [0.25, 0.3) is 0 Å². The van der Waals surface area contributed by atoms with Crippen LogP contribution in [-0.4, -0.2) is 33.0 Å². The quantitative estimate of drug-likeness (QED) is 0.911. The van der Waals surface area contributed by atoms with Gasteiger partial charge >= 0.3 is 0 Å². The van der Waals surface area contributed by atoms with Crippen LogP contribution in [0.3, 0.4) is 0 Å². The molecule has 4 nitrogen and oxygen atoms in total. The van der Waals surface area contributed by atoms with Crippen LogP contribution >= 0.6 is 27.7 Å². The van der Waals surface area contributed by atoms with Gasteiger partial charge < -0.3 is 5.73 Å². The molecule has 0 radical (unpaired) electrons. The van der Waals surface area contributed by atoms with Crippen LogP contribution in [0.1, 0.15) is 0 Å². The number of sulfonamides is 1. The van der Waals surface area contributed by atoms with Crippen LogP contribution in [0.4, 0.5) is 5.69 Å². The molecule has 0 aliphatic carbocycles. The van der Waals surface area contributed by atoms with Gasteiger partial charge in [0.05, 0.1) is 11.4 Å². The largest absolute Gasteiger partial charge is 0.329 e. The second-order valence-corrected chi connectivity index (χ2v) is 7.70. The first-order chi connectivity index (χ1) is 8.04. The molecule has 0 fully saturated rings. The Morgan fingerprint density at radius 2 is 2.24 bits per heavy atom. The summed E-state index contributed by atoms with van der Waals surface area (Å²) in [7, 11) is -3.29. The van der Waals surface area contributed by atoms with Crippen LogP contribution in [0.15, 0.2) is 27.6 Å². The van der Waals surface area contributed by atoms with Crippen molar-refractivity contribution in [3.05, 3.63) is 22.7 Å². The maximum absolute atomic E-state index is 12.1. The standard InChI is InChI=1S/C10H13BrN2O2S2/c11-8-1-2-10-9(7-8)13(4-5-16-10)17(14,15)6-3-12/h1-2,7H,3-6,12H2. The zero-order valence-corrected chi connectivity index (χ0v) is 12.3. The van der Waals surface area contributed by atoms with E-state index in [9.17, 15) is 8.42 Å². The fraction of sp³-hybridized carbons (Fsp3) is 0.400. The van der Waals surface area contributed by atoms with Crippen LogP contribution in [-0.2, 0) is 10.0 Å². The first-order valence-electron chi connectivity index (χ1n) is 5.17. The smallest absolute Gasteiger partial charge is 0.236 e. The zero-order valence-electron chi connectivity index (χ0n) is 9.10. The van der Waals surface area contributed by atoms with Gasteiger partial charge in [-0.25, -0.2) is 8.42 Å². The third kappa shape index (κ3) is 2.78. The van der Waals surface area contributed by atoms with Gasteiger partial charge in [0, 0.05) is 28.2 Å². The SMILES string of the molecule is NCCS(=O)(=O)N1CCSc2ccc(Br)cc21. The molecule has 0 saturated heterocycles. The third-order valence-corrected chi connectivity index (χ3v) is 5.79. The molecule has 2 rings (SSSR count). The highest BCUT2D eigenvalue weighted by atomic mass is 79.9. The minimum atomic E-state index is -3.29. The highest BCUT2D eigenvalue weighted by molar-refractivity contribution is 9.10. The van der Waals surface area contributed by atoms with Crippen molar-refractivity contribution in [2.45, 2.75) is 4.90 Å². The van der Waals surface area contributed by atoms with Crippen molar-refractivity contribution in [1.82, 2.24) is 0 Å². The lowest BCUT2D eigenvalue weighted by Gasteiger charge is -2.30. The highest BCUT2D eigenvalue weighted by Gasteiger charge is 2.27. The lowest BCUT2D eigenvalue weighted by Crippen LogP contribution is -2.38. The summed E-state index contributed by atoms with van der Waals surface area (Å²) in [4.78, 5) is 1.00. The molecule has 17 heavy (non-hydrogen) atoms. The molecule has 0 amide bonds. The summed E-state index contributed by atoms with van der Waals surface area (Å²) in [5.41, 5.74) is 6.10. The van der Waals surface area contributed by atoms with Gasteiger partial charge in [-0.3, -0.25) is 4.31 Å². The van der Waals surface area contributed by atoms with E-state index >= 15 is 0 Å². The Morgan fingerprint density at radius 1 is 1.47 bits per heavy atom. The summed E-state index contributed by atoms with van der Waals surface area (Å²) >= 11 is 5.05. The molecule has 7 heteroatoms. The van der Waals surface area contributed by atoms with Gasteiger partial charge in [-0.1, -0.05) is 15.9 Å². The summed E-state index contributed by atoms with van der Waals surface area (Å²) in [6.07, 6.45) is 0. The second kappa shape index (κ2) is 5.17. The molecule has 94 valence electrons. The molecule has 0 saturated carbocycles. The molecule has 1 aliphatic heterocycles. The lowest BCUT2D eigenvalue weighted by atomic mass is 10.3. The normalized spacial score (nSPS) is 15.8. The number of rotatable bonds is 3. The molecule has 0 unspecified atom stereocenters. The van der Waals surface area contributed by atoms with Crippen LogP contribution in [0.5, 0.6) is 0 Å². The Balaban J connectivity index is 2.44. The summed E-state index contributed by atoms with van der Waals surface area (Å²) < 4.78 is 26.5. The Labute approximate surface area is 114 Å². The Bertz CT molecular complexity index is 519. The van der Waals surface area contributed by atoms with E-state index in [1.54, 1.807) is 11.8 Å². The van der Waals surface area contributed by atoms with Gasteiger partial charge in [0.25, 0.3) is 0 Å². The number of hydrogen-bond donors (Lipinski definition) is 1. The number of hydrogen-bond acceptors (Lipinski definition) is 4. The fourth-order valence-electron chi connectivity index (χ4n) is 1.71. The number of nitrogens with zero attached hydrogens (tertiary/aromatic N) is 1. The first-order valence-corrected chi connectivity index (χ1v) is 8.56. The summed E-state index contributed by atoms with van der Waals surface area (Å²) in [6.45, 7) is 0.658. The van der Waals surface area contributed by atoms with Crippen molar-refractivity contribution >= 4 is 43.4 Å². The number of fused-ring (bicyclic) bond motifs is 1. The molecule has 0 atom stereocenters. The highest BCUT2D eigenvalue weighted by Crippen LogP contribution is 2.37. The topological polar surface area (TPSA) is 63.4 Å². The minimum Gasteiger partial charge on any atom is -0.329 e. The molecule has 0 spiro atoms. The molecule has 1 aliphatic rings. The molecular formula is C10H13BrN2O2S2. The summed E-state index contributed by atoms with van der Waals surface area (Å²) in [5, 5.41) is 0. The maximum atomic E-state index is 12.1. The molecule has 0 bridgehead atoms. The van der Waals surface area contributed by atoms with Crippen molar-refractivity contribution in [3.8, 4) is 0 Å². The Morgan fingerprint density at radius 3 is 2.94 bits per heavy atom. The lowest BCUT2D eigenvalue weighted by molar-refractivity contribution is 0.591. The summed E-state index contributed by atoms with van der Waals surface area (Å²) in [5.74, 6) is 0.766. The van der Waals surface area contributed by atoms with Crippen molar-refractivity contribution in [1.29, 1.82) is 0 Å². The van der Waals surface area contributed by atoms with Gasteiger partial charge in [0.1, 0.15) is 0 Å². The van der Waals surface area contributed by atoms with E-state index in [0.29, 0.717) is 6.54 Å². The fourth-order valence-corrected chi connectivity index (χ4v) is 4.55. The van der Waals surface area contributed by atoms with Gasteiger partial charge in [0.2, 0.25) is 10.0 Å². The minimum absolute atomic E-state index is 0.0103. The predicted octanol–water partition coefficient (Wildman–Crippen LogP) is 1.65. The Hall–Kier alpha value is -0.240. The first kappa shape index (κ1) is 13.2. The van der Waals surface area contributed by atoms with Crippen molar-refractivity contribution in [2.24, 2.45) is 5.73 Å². The van der Waals surface area contributed by atoms with Crippen molar-refractivity contribution in [2.75, 3.05) is 28.9 Å². The number of halogens is 1. The molecule has 1 aromatic carbocycles. The Kier molecular flexibility index (Phi) is 4.02. The van der Waals surface area contributed by atoms with E-state index in [4.69, 9.17) is 5.73 Å². The number of thioether (sulfide) groups is 1. The molecule has 1 aromatic rings. The van der Waals surface area contributed by atoms with Gasteiger partial charge in [-0.05, 0) is 18.2 Å². The van der Waals surface area contributed by atoms with Gasteiger partial charge in [0.15, 0.2) is 0 Å². The van der Waals surface area contributed by atoms with E-state index in [0.717, 1.165) is 20.8 Å². The van der Waals surface area contributed by atoms with E-state index in [2.05, 4.69) is 15.9 Å². The van der Waals surface area contributed by atoms with Gasteiger partial charge in [-0.2, -0.15) is 0 Å². The van der Waals surface area contributed by atoms with Crippen molar-refractivity contribution in [3.63, 3.8) is 0 Å². The van der Waals surface area contributed by atoms with Gasteiger partial charge in [-0.15, -0.1) is 11.8 Å². The number of nitrogens with two attached hydrogens (primary N) is 1. The van der Waals surface area contributed by atoms with Crippen LogP contribution in [0.2, 0.25) is 0 Å². The average Bonchev–Trinajstić information content (AvgIpc) is 2.28. The third-order valence-electron chi connectivity index (χ3n) is 2.45. The molecule has 2 N–H and O–H groups in total. The van der Waals surface area contributed by atoms with Crippen molar-refractivity contribution < 1.29 is 8.42 Å². The van der Waals surface area contributed by atoms with Crippen LogP contribution < -0.4 is 10.0 Å². The molecular weight excluding hydrogens is 324 g/mol. The zero-order chi connectivity index (χ0) is 12.5. The number of benzene rings is 1. The monoisotopic (exact) mass is 336 g/mol. The summed E-state index contributed by atoms with van der Waals surface area (Å²) in [6, 6.07) is 5.70.